The summed E-state index contributed by atoms with van der Waals surface area (Å²) in [6.07, 6.45) is 0. The van der Waals surface area contributed by atoms with Crippen molar-refractivity contribution in [1.82, 2.24) is 5.32 Å². The van der Waals surface area contributed by atoms with Crippen LogP contribution >= 0.6 is 0 Å². The van der Waals surface area contributed by atoms with Gasteiger partial charge in [-0.15, -0.1) is 0 Å². The highest BCUT2D eigenvalue weighted by Crippen LogP contribution is 2.14. The maximum atomic E-state index is 13.0. The lowest BCUT2D eigenvalue weighted by atomic mass is 10.2. The van der Waals surface area contributed by atoms with Gasteiger partial charge in [-0.05, 0) is 37.7 Å². The van der Waals surface area contributed by atoms with E-state index >= 15 is 0 Å². The average molecular weight is 246 g/mol. The lowest BCUT2D eigenvalue weighted by molar-refractivity contribution is 0.598. The Morgan fingerprint density at radius 2 is 2.00 bits per heavy atom. The maximum absolute atomic E-state index is 13.0. The average Bonchev–Trinajstić information content (AvgIpc) is 2.12. The molecule has 1 aromatic carbocycles. The van der Waals surface area contributed by atoms with Crippen molar-refractivity contribution in [1.29, 1.82) is 0 Å². The molecule has 0 aliphatic heterocycles. The smallest absolute Gasteiger partial charge is 0.233 e. The first-order valence-corrected chi connectivity index (χ1v) is 6.50. The van der Waals surface area contributed by atoms with Gasteiger partial charge in [0.2, 0.25) is 10.0 Å². The predicted octanol–water partition coefficient (Wildman–Crippen LogP) is 1.10. The first-order valence-electron chi connectivity index (χ1n) is 4.85. The van der Waals surface area contributed by atoms with Crippen LogP contribution in [-0.4, -0.2) is 27.8 Å². The summed E-state index contributed by atoms with van der Waals surface area (Å²) in [4.78, 5) is 0. The third-order valence-electron chi connectivity index (χ3n) is 1.94. The van der Waals surface area contributed by atoms with Gasteiger partial charge < -0.3 is 5.32 Å². The quantitative estimate of drug-likeness (QED) is 0.818. The van der Waals surface area contributed by atoms with Crippen LogP contribution in [0, 0.1) is 12.7 Å². The number of nitrogens with one attached hydrogen (secondary N) is 2. The molecule has 0 saturated heterocycles. The van der Waals surface area contributed by atoms with Crippen molar-refractivity contribution >= 4 is 15.7 Å². The summed E-state index contributed by atoms with van der Waals surface area (Å²) in [6, 6.07) is 4.08. The van der Waals surface area contributed by atoms with Crippen LogP contribution in [0.1, 0.15) is 5.56 Å². The van der Waals surface area contributed by atoms with E-state index in [1.165, 1.54) is 6.07 Å². The Hall–Kier alpha value is -1.14. The molecule has 1 rings (SSSR count). The molecule has 0 saturated carbocycles. The van der Waals surface area contributed by atoms with Crippen LogP contribution in [0.4, 0.5) is 10.1 Å². The first-order chi connectivity index (χ1) is 7.43. The Morgan fingerprint density at radius 1 is 1.31 bits per heavy atom. The highest BCUT2D eigenvalue weighted by Gasteiger charge is 2.10. The van der Waals surface area contributed by atoms with Gasteiger partial charge in [0.25, 0.3) is 0 Å². The Labute approximate surface area is 94.9 Å². The minimum absolute atomic E-state index is 0.0426. The van der Waals surface area contributed by atoms with E-state index in [4.69, 9.17) is 0 Å². The molecule has 0 atom stereocenters. The summed E-state index contributed by atoms with van der Waals surface area (Å²) < 4.78 is 38.4. The molecule has 6 heteroatoms. The third kappa shape index (κ3) is 4.16. The van der Waals surface area contributed by atoms with Crippen molar-refractivity contribution in [3.63, 3.8) is 0 Å². The first kappa shape index (κ1) is 12.9. The van der Waals surface area contributed by atoms with E-state index in [1.54, 1.807) is 20.0 Å². The fourth-order valence-electron chi connectivity index (χ4n) is 1.26. The van der Waals surface area contributed by atoms with Crippen LogP contribution in [0.5, 0.6) is 0 Å². The lowest BCUT2D eigenvalue weighted by Crippen LogP contribution is -2.24. The van der Waals surface area contributed by atoms with Crippen LogP contribution < -0.4 is 10.0 Å². The van der Waals surface area contributed by atoms with E-state index in [0.717, 1.165) is 6.07 Å². The molecule has 16 heavy (non-hydrogen) atoms. The van der Waals surface area contributed by atoms with Crippen molar-refractivity contribution in [3.05, 3.63) is 29.6 Å². The maximum Gasteiger partial charge on any atom is 0.233 e. The van der Waals surface area contributed by atoms with Gasteiger partial charge >= 0.3 is 0 Å². The number of benzene rings is 1. The molecule has 4 nitrogen and oxygen atoms in total. The minimum Gasteiger partial charge on any atom is -0.319 e. The fourth-order valence-corrected chi connectivity index (χ4v) is 2.31. The number of hydrogen-bond acceptors (Lipinski definition) is 3. The van der Waals surface area contributed by atoms with Crippen LogP contribution in [0.2, 0.25) is 0 Å². The largest absolute Gasteiger partial charge is 0.319 e. The second-order valence-corrected chi connectivity index (χ2v) is 5.38. The molecule has 0 aromatic heterocycles. The van der Waals surface area contributed by atoms with E-state index in [0.29, 0.717) is 12.1 Å². The standard InChI is InChI=1S/C10H15FN2O2S/c1-8-5-9(11)7-10(6-8)13-16(14,15)4-3-12-2/h5-7,12-13H,3-4H2,1-2H3. The number of anilines is 1. The van der Waals surface area contributed by atoms with Crippen molar-refractivity contribution in [2.45, 2.75) is 6.92 Å². The molecule has 0 bridgehead atoms. The summed E-state index contributed by atoms with van der Waals surface area (Å²) in [5, 5.41) is 2.74. The summed E-state index contributed by atoms with van der Waals surface area (Å²) in [5.41, 5.74) is 0.930. The van der Waals surface area contributed by atoms with Crippen LogP contribution in [0.3, 0.4) is 0 Å². The Morgan fingerprint density at radius 3 is 2.56 bits per heavy atom. The Kier molecular flexibility index (Phi) is 4.26. The molecule has 0 radical (unpaired) electrons. The third-order valence-corrected chi connectivity index (χ3v) is 3.22. The molecule has 0 aliphatic rings. The van der Waals surface area contributed by atoms with E-state index in [-0.39, 0.29) is 11.4 Å². The Balaban J connectivity index is 2.80. The van der Waals surface area contributed by atoms with Gasteiger partial charge in [-0.25, -0.2) is 12.8 Å². The molecule has 1 aromatic rings. The topological polar surface area (TPSA) is 58.2 Å². The normalized spacial score (nSPS) is 11.4. The van der Waals surface area contributed by atoms with Crippen molar-refractivity contribution < 1.29 is 12.8 Å². The zero-order valence-electron chi connectivity index (χ0n) is 9.25. The highest BCUT2D eigenvalue weighted by molar-refractivity contribution is 7.92. The van der Waals surface area contributed by atoms with Crippen molar-refractivity contribution in [2.75, 3.05) is 24.1 Å². The van der Waals surface area contributed by atoms with E-state index in [9.17, 15) is 12.8 Å². The SMILES string of the molecule is CNCCS(=O)(=O)Nc1cc(C)cc(F)c1. The second kappa shape index (κ2) is 5.27. The van der Waals surface area contributed by atoms with E-state index in [2.05, 4.69) is 10.0 Å². The minimum atomic E-state index is -3.41. The molecule has 0 unspecified atom stereocenters. The molecule has 0 aliphatic carbocycles. The van der Waals surface area contributed by atoms with E-state index in [1.807, 2.05) is 0 Å². The van der Waals surface area contributed by atoms with Crippen molar-refractivity contribution in [3.8, 4) is 0 Å². The number of aryl methyl sites for hydroxylation is 1. The summed E-state index contributed by atoms with van der Waals surface area (Å²) in [7, 11) is -1.74. The van der Waals surface area contributed by atoms with Crippen LogP contribution in [-0.2, 0) is 10.0 Å². The van der Waals surface area contributed by atoms with Gasteiger partial charge in [0.1, 0.15) is 5.82 Å². The summed E-state index contributed by atoms with van der Waals surface area (Å²) in [5.74, 6) is -0.495. The number of rotatable bonds is 5. The molecular formula is C10H15FN2O2S. The Bertz CT molecular complexity index is 440. The molecule has 0 fully saturated rings. The molecular weight excluding hydrogens is 231 g/mol. The highest BCUT2D eigenvalue weighted by atomic mass is 32.2. The fraction of sp³-hybridized carbons (Fsp3) is 0.400. The molecule has 0 amide bonds. The summed E-state index contributed by atoms with van der Waals surface area (Å²) in [6.45, 7) is 2.05. The molecule has 0 heterocycles. The van der Waals surface area contributed by atoms with Gasteiger partial charge in [0.15, 0.2) is 0 Å². The van der Waals surface area contributed by atoms with Crippen molar-refractivity contribution in [2.24, 2.45) is 0 Å². The van der Waals surface area contributed by atoms with Gasteiger partial charge in [-0.2, -0.15) is 0 Å². The van der Waals surface area contributed by atoms with E-state index < -0.39 is 15.8 Å². The number of sulfonamides is 1. The predicted molar refractivity (Wildman–Crippen MR) is 62.5 cm³/mol. The molecule has 2 N–H and O–H groups in total. The number of hydrogen-bond donors (Lipinski definition) is 2. The summed E-state index contributed by atoms with van der Waals surface area (Å²) >= 11 is 0. The monoisotopic (exact) mass is 246 g/mol. The second-order valence-electron chi connectivity index (χ2n) is 3.54. The van der Waals surface area contributed by atoms with Crippen LogP contribution in [0.15, 0.2) is 18.2 Å². The van der Waals surface area contributed by atoms with Crippen LogP contribution in [0.25, 0.3) is 0 Å². The molecule has 0 spiro atoms. The lowest BCUT2D eigenvalue weighted by Gasteiger charge is -2.08. The van der Waals surface area contributed by atoms with Gasteiger partial charge in [-0.1, -0.05) is 0 Å². The zero-order valence-corrected chi connectivity index (χ0v) is 10.1. The molecule has 90 valence electrons. The van der Waals surface area contributed by atoms with Gasteiger partial charge in [0.05, 0.1) is 11.4 Å². The van der Waals surface area contributed by atoms with Gasteiger partial charge in [-0.3, -0.25) is 4.72 Å². The number of halogens is 1. The zero-order chi connectivity index (χ0) is 12.2. The van der Waals surface area contributed by atoms with Gasteiger partial charge in [0, 0.05) is 6.54 Å².